The van der Waals surface area contributed by atoms with Crippen molar-refractivity contribution in [3.05, 3.63) is 29.8 Å². The standard InChI is InChI=1S/C16H24OSi/c1-17-16-13-9-8-12-15(16)11-7-5-6-10-14-18(2,3)4/h8-9,12-13H,5-7,11H2,1-4H3. The summed E-state index contributed by atoms with van der Waals surface area (Å²) >= 11 is 0. The number of para-hydroxylation sites is 1. The summed E-state index contributed by atoms with van der Waals surface area (Å²) in [7, 11) is 0.557. The highest BCUT2D eigenvalue weighted by molar-refractivity contribution is 6.83. The molecule has 1 nitrogen and oxygen atoms in total. The number of aryl methyl sites for hydroxylation is 1. The lowest BCUT2D eigenvalue weighted by molar-refractivity contribution is 0.409. The minimum absolute atomic E-state index is 1.01. The molecule has 0 aliphatic rings. The maximum absolute atomic E-state index is 5.35. The average Bonchev–Trinajstić information content (AvgIpc) is 2.32. The first-order chi connectivity index (χ1) is 8.53. The lowest BCUT2D eigenvalue weighted by atomic mass is 10.1. The Balaban J connectivity index is 2.31. The fourth-order valence-electron chi connectivity index (χ4n) is 1.77. The fraction of sp³-hybridized carbons (Fsp3) is 0.500. The summed E-state index contributed by atoms with van der Waals surface area (Å²) in [5.74, 6) is 4.33. The van der Waals surface area contributed by atoms with Gasteiger partial charge in [0.1, 0.15) is 13.8 Å². The normalized spacial score (nSPS) is 10.7. The van der Waals surface area contributed by atoms with Gasteiger partial charge < -0.3 is 4.74 Å². The zero-order chi connectivity index (χ0) is 13.4. The fourth-order valence-corrected chi connectivity index (χ4v) is 2.42. The van der Waals surface area contributed by atoms with Crippen molar-refractivity contribution in [1.82, 2.24) is 0 Å². The van der Waals surface area contributed by atoms with Crippen LogP contribution in [0.25, 0.3) is 0 Å². The molecule has 0 atom stereocenters. The van der Waals surface area contributed by atoms with E-state index in [0.29, 0.717) is 0 Å². The van der Waals surface area contributed by atoms with Crippen LogP contribution >= 0.6 is 0 Å². The number of unbranched alkanes of at least 4 members (excludes halogenated alkanes) is 2. The van der Waals surface area contributed by atoms with Crippen LogP contribution in [0.15, 0.2) is 24.3 Å². The van der Waals surface area contributed by atoms with Crippen LogP contribution < -0.4 is 4.74 Å². The van der Waals surface area contributed by atoms with Crippen LogP contribution in [0.5, 0.6) is 5.75 Å². The molecule has 1 aromatic rings. The number of hydrogen-bond acceptors (Lipinski definition) is 1. The van der Waals surface area contributed by atoms with Gasteiger partial charge in [0.25, 0.3) is 0 Å². The van der Waals surface area contributed by atoms with Crippen LogP contribution in [0.1, 0.15) is 24.8 Å². The second-order valence-electron chi connectivity index (χ2n) is 5.57. The molecule has 0 saturated heterocycles. The van der Waals surface area contributed by atoms with Gasteiger partial charge in [-0.2, -0.15) is 0 Å². The van der Waals surface area contributed by atoms with E-state index in [-0.39, 0.29) is 0 Å². The summed E-state index contributed by atoms with van der Waals surface area (Å²) < 4.78 is 5.35. The van der Waals surface area contributed by atoms with E-state index in [2.05, 4.69) is 43.2 Å². The molecule has 0 bridgehead atoms. The van der Waals surface area contributed by atoms with Crippen LogP contribution in [0, 0.1) is 11.5 Å². The zero-order valence-corrected chi connectivity index (χ0v) is 13.0. The van der Waals surface area contributed by atoms with E-state index in [1.807, 2.05) is 12.1 Å². The molecular formula is C16H24OSi. The van der Waals surface area contributed by atoms with E-state index in [0.717, 1.165) is 18.6 Å². The highest BCUT2D eigenvalue weighted by Crippen LogP contribution is 2.19. The van der Waals surface area contributed by atoms with E-state index in [9.17, 15) is 0 Å². The number of benzene rings is 1. The Bertz CT molecular complexity index is 421. The number of methoxy groups -OCH3 is 1. The Morgan fingerprint density at radius 1 is 1.11 bits per heavy atom. The molecule has 0 unspecified atom stereocenters. The molecule has 0 radical (unpaired) electrons. The molecule has 18 heavy (non-hydrogen) atoms. The first kappa shape index (κ1) is 14.9. The molecule has 0 saturated carbocycles. The second kappa shape index (κ2) is 7.28. The van der Waals surface area contributed by atoms with Gasteiger partial charge in [-0.1, -0.05) is 37.8 Å². The van der Waals surface area contributed by atoms with Gasteiger partial charge in [0, 0.05) is 6.42 Å². The van der Waals surface area contributed by atoms with Crippen molar-refractivity contribution in [2.75, 3.05) is 7.11 Å². The monoisotopic (exact) mass is 260 g/mol. The molecule has 98 valence electrons. The Labute approximate surface area is 113 Å². The van der Waals surface area contributed by atoms with E-state index in [1.54, 1.807) is 7.11 Å². The quantitative estimate of drug-likeness (QED) is 0.436. The zero-order valence-electron chi connectivity index (χ0n) is 12.0. The minimum atomic E-state index is -1.18. The molecule has 2 heteroatoms. The van der Waals surface area contributed by atoms with Crippen LogP contribution in [0.4, 0.5) is 0 Å². The van der Waals surface area contributed by atoms with Gasteiger partial charge in [-0.25, -0.2) is 0 Å². The lowest BCUT2D eigenvalue weighted by Crippen LogP contribution is -2.16. The third-order valence-corrected chi connectivity index (χ3v) is 3.58. The van der Waals surface area contributed by atoms with Crippen LogP contribution in [-0.4, -0.2) is 15.2 Å². The lowest BCUT2D eigenvalue weighted by Gasteiger charge is -2.07. The van der Waals surface area contributed by atoms with E-state index >= 15 is 0 Å². The third-order valence-electron chi connectivity index (χ3n) is 2.65. The minimum Gasteiger partial charge on any atom is -0.496 e. The summed E-state index contributed by atoms with van der Waals surface area (Å²) in [6.07, 6.45) is 4.47. The molecule has 1 rings (SSSR count). The van der Waals surface area contributed by atoms with Gasteiger partial charge in [0.05, 0.1) is 7.11 Å². The highest BCUT2D eigenvalue weighted by Gasteiger charge is 2.06. The maximum atomic E-state index is 5.35. The van der Waals surface area contributed by atoms with Crippen molar-refractivity contribution in [1.29, 1.82) is 0 Å². The van der Waals surface area contributed by atoms with Crippen molar-refractivity contribution in [3.63, 3.8) is 0 Å². The number of hydrogen-bond donors (Lipinski definition) is 0. The largest absolute Gasteiger partial charge is 0.496 e. The van der Waals surface area contributed by atoms with Crippen molar-refractivity contribution in [2.45, 2.75) is 45.3 Å². The molecule has 0 aliphatic carbocycles. The Morgan fingerprint density at radius 2 is 1.83 bits per heavy atom. The molecule has 1 aromatic carbocycles. The summed E-state index contributed by atoms with van der Waals surface area (Å²) in [5.41, 5.74) is 4.71. The predicted octanol–water partition coefficient (Wildman–Crippen LogP) is 4.29. The molecule has 0 aliphatic heterocycles. The van der Waals surface area contributed by atoms with E-state index < -0.39 is 8.07 Å². The summed E-state index contributed by atoms with van der Waals surface area (Å²) in [6.45, 7) is 6.86. The number of ether oxygens (including phenoxy) is 1. The maximum Gasteiger partial charge on any atom is 0.129 e. The van der Waals surface area contributed by atoms with E-state index in [1.165, 1.54) is 18.4 Å². The molecule has 0 amide bonds. The summed E-state index contributed by atoms with van der Waals surface area (Å²) in [4.78, 5) is 0. The van der Waals surface area contributed by atoms with Gasteiger partial charge in [0.15, 0.2) is 0 Å². The van der Waals surface area contributed by atoms with Crippen LogP contribution in [-0.2, 0) is 6.42 Å². The van der Waals surface area contributed by atoms with Gasteiger partial charge in [-0.05, 0) is 30.9 Å². The van der Waals surface area contributed by atoms with Crippen molar-refractivity contribution < 1.29 is 4.74 Å². The highest BCUT2D eigenvalue weighted by atomic mass is 28.3. The van der Waals surface area contributed by atoms with Crippen LogP contribution in [0.2, 0.25) is 19.6 Å². The SMILES string of the molecule is COc1ccccc1CCCCC#C[Si](C)(C)C. The first-order valence-corrected chi connectivity index (χ1v) is 10.1. The average molecular weight is 260 g/mol. The van der Waals surface area contributed by atoms with Gasteiger partial charge in [-0.3, -0.25) is 0 Å². The molecular weight excluding hydrogens is 236 g/mol. The number of rotatable bonds is 5. The Hall–Kier alpha value is -1.20. The van der Waals surface area contributed by atoms with Gasteiger partial charge in [0.2, 0.25) is 0 Å². The van der Waals surface area contributed by atoms with Crippen molar-refractivity contribution >= 4 is 8.07 Å². The second-order valence-corrected chi connectivity index (χ2v) is 10.3. The van der Waals surface area contributed by atoms with Crippen LogP contribution in [0.3, 0.4) is 0 Å². The smallest absolute Gasteiger partial charge is 0.129 e. The van der Waals surface area contributed by atoms with E-state index in [4.69, 9.17) is 4.74 Å². The van der Waals surface area contributed by atoms with Gasteiger partial charge in [-0.15, -0.1) is 11.5 Å². The summed E-state index contributed by atoms with van der Waals surface area (Å²) in [5, 5.41) is 0. The molecule has 0 heterocycles. The molecule has 0 spiro atoms. The van der Waals surface area contributed by atoms with Crippen molar-refractivity contribution in [3.8, 4) is 17.2 Å². The molecule has 0 aromatic heterocycles. The Kier molecular flexibility index (Phi) is 6.01. The van der Waals surface area contributed by atoms with Crippen molar-refractivity contribution in [2.24, 2.45) is 0 Å². The predicted molar refractivity (Wildman–Crippen MR) is 81.7 cm³/mol. The summed E-state index contributed by atoms with van der Waals surface area (Å²) in [6, 6.07) is 8.26. The Morgan fingerprint density at radius 3 is 2.50 bits per heavy atom. The topological polar surface area (TPSA) is 9.23 Å². The molecule has 0 fully saturated rings. The molecule has 0 N–H and O–H groups in total. The van der Waals surface area contributed by atoms with Gasteiger partial charge >= 0.3 is 0 Å². The first-order valence-electron chi connectivity index (χ1n) is 6.65. The third kappa shape index (κ3) is 5.93.